The minimum absolute atomic E-state index is 0.190. The van der Waals surface area contributed by atoms with E-state index in [1.807, 2.05) is 24.3 Å². The highest BCUT2D eigenvalue weighted by Crippen LogP contribution is 2.49. The minimum atomic E-state index is -0.365. The highest BCUT2D eigenvalue weighted by atomic mass is 16.3. The Kier molecular flexibility index (Phi) is 11.0. The van der Waals surface area contributed by atoms with Crippen molar-refractivity contribution >= 4 is 51.5 Å². The lowest BCUT2D eigenvalue weighted by atomic mass is 9.67. The van der Waals surface area contributed by atoms with E-state index in [1.165, 1.54) is 87.9 Å². The molecule has 6 fully saturated rings. The molecule has 2 aromatic carbocycles. The molecule has 6 aliphatic rings. The molecule has 1 saturated carbocycles. The fraction of sp³-hybridized carbons (Fsp3) is 0.510. The summed E-state index contributed by atoms with van der Waals surface area (Å²) in [7, 11) is 0. The number of benzene rings is 2. The molecule has 4 N–H and O–H groups in total. The maximum Gasteiger partial charge on any atom is 0.328 e. The van der Waals surface area contributed by atoms with Crippen LogP contribution in [0.3, 0.4) is 0 Å². The van der Waals surface area contributed by atoms with Crippen LogP contribution in [0.25, 0.3) is 22.3 Å². The summed E-state index contributed by atoms with van der Waals surface area (Å²) in [5, 5.41) is 22.7. The van der Waals surface area contributed by atoms with Crippen LogP contribution in [0, 0.1) is 11.3 Å². The third kappa shape index (κ3) is 8.01. The van der Waals surface area contributed by atoms with Crippen molar-refractivity contribution in [1.82, 2.24) is 30.0 Å². The summed E-state index contributed by atoms with van der Waals surface area (Å²) in [5.41, 5.74) is 14.8. The van der Waals surface area contributed by atoms with E-state index < -0.39 is 0 Å². The first-order valence-electron chi connectivity index (χ1n) is 24.3. The molecular weight excluding hydrogens is 815 g/mol. The van der Waals surface area contributed by atoms with Gasteiger partial charge >= 0.3 is 6.03 Å². The normalized spacial score (nSPS) is 23.2. The van der Waals surface area contributed by atoms with Gasteiger partial charge < -0.3 is 35.0 Å². The van der Waals surface area contributed by atoms with Crippen molar-refractivity contribution in [1.29, 1.82) is 0 Å². The molecule has 14 nitrogen and oxygen atoms in total. The zero-order valence-electron chi connectivity index (χ0n) is 37.7. The zero-order valence-corrected chi connectivity index (χ0v) is 37.7. The van der Waals surface area contributed by atoms with E-state index in [0.717, 1.165) is 73.8 Å². The van der Waals surface area contributed by atoms with E-state index >= 15 is 0 Å². The van der Waals surface area contributed by atoms with E-state index in [9.17, 15) is 14.7 Å². The number of piperazine rings is 1. The van der Waals surface area contributed by atoms with Crippen LogP contribution in [-0.2, 0) is 11.2 Å². The monoisotopic (exact) mass is 878 g/mol. The lowest BCUT2D eigenvalue weighted by Crippen LogP contribution is -2.54. The predicted octanol–water partition coefficient (Wildman–Crippen LogP) is 7.76. The van der Waals surface area contributed by atoms with E-state index in [-0.39, 0.29) is 17.7 Å². The largest absolute Gasteiger partial charge is 0.507 e. The number of urea groups is 1. The molecule has 2 atom stereocenters. The molecule has 11 rings (SSSR count). The second-order valence-electron chi connectivity index (χ2n) is 19.9. The average Bonchev–Trinajstić information content (AvgIpc) is 3.83. The number of carbonyl (C=O) groups excluding carboxylic acids is 2. The average molecular weight is 878 g/mol. The summed E-state index contributed by atoms with van der Waals surface area (Å²) < 4.78 is 2.43. The van der Waals surface area contributed by atoms with E-state index in [4.69, 9.17) is 10.7 Å². The Labute approximate surface area is 381 Å². The van der Waals surface area contributed by atoms with Crippen LogP contribution in [-0.4, -0.2) is 106 Å². The molecule has 5 aliphatic heterocycles. The number of fused-ring (bicyclic) bond motifs is 3. The molecule has 2 unspecified atom stereocenters. The van der Waals surface area contributed by atoms with Crippen molar-refractivity contribution in [3.05, 3.63) is 78.6 Å². The number of carbonyl (C=O) groups is 2. The van der Waals surface area contributed by atoms with Crippen LogP contribution in [0.15, 0.2) is 73.1 Å². The van der Waals surface area contributed by atoms with Crippen LogP contribution in [0.4, 0.5) is 33.4 Å². The third-order valence-electron chi connectivity index (χ3n) is 16.2. The van der Waals surface area contributed by atoms with Crippen LogP contribution < -0.4 is 30.7 Å². The Morgan fingerprint density at radius 2 is 1.54 bits per heavy atom. The number of phenols is 1. The summed E-state index contributed by atoms with van der Waals surface area (Å²) in [6, 6.07) is 21.5. The van der Waals surface area contributed by atoms with Crippen LogP contribution in [0.1, 0.15) is 89.2 Å². The number of hydrogen-bond donors (Lipinski definition) is 3. The van der Waals surface area contributed by atoms with Gasteiger partial charge in [0.05, 0.1) is 23.3 Å². The zero-order chi connectivity index (χ0) is 44.2. The molecule has 5 aromatic rings. The lowest BCUT2D eigenvalue weighted by Gasteiger charge is -2.47. The molecule has 340 valence electrons. The second kappa shape index (κ2) is 17.2. The van der Waals surface area contributed by atoms with Gasteiger partial charge in [-0.2, -0.15) is 0 Å². The maximum absolute atomic E-state index is 12.6. The number of nitrogen functional groups attached to an aromatic ring is 1. The molecule has 3 aromatic heterocycles. The fourth-order valence-corrected chi connectivity index (χ4v) is 12.5. The SMILES string of the molecule is CCc1cn(C2CCC3(CC2)CCN(CC2CCN(c4cccc(N5C6CCC5CN(c5cc(-c7ccccc7O)nnc5N)C6)c4)CC2)CC3)c2ncc(N3CCC(=O)NC3=O)cc12. The Morgan fingerprint density at radius 3 is 2.28 bits per heavy atom. The maximum atomic E-state index is 12.6. The number of pyridine rings is 1. The minimum Gasteiger partial charge on any atom is -0.507 e. The summed E-state index contributed by atoms with van der Waals surface area (Å²) in [4.78, 5) is 41.3. The molecular formula is C51H63N11O3. The highest BCUT2D eigenvalue weighted by Gasteiger charge is 2.42. The number of nitrogens with zero attached hydrogens (tertiary/aromatic N) is 9. The Hall–Kier alpha value is -5.89. The molecule has 3 amide bonds. The summed E-state index contributed by atoms with van der Waals surface area (Å²) in [6.45, 7) is 10.2. The van der Waals surface area contributed by atoms with E-state index in [2.05, 4.69) is 83.1 Å². The standard InChI is InChI=1S/C51H63N11O3/c1-2-35-31-61(49-43(35)27-41(29-53-49)60-23-16-47(64)54-50(60)65)36-12-17-51(18-13-36)19-24-57(25-20-51)30-34-14-21-58(22-15-34)37-6-5-7-38(26-37)62-39-10-11-40(62)33-59(32-39)45-28-44(55-56-48(45)52)42-8-3-4-9-46(42)63/h3-9,26-29,31,34,36,39-40,63H,2,10-25,30,32-33H2,1H3,(H2,52,56)(H,54,64,65). The van der Waals surface area contributed by atoms with Gasteiger partial charge in [0.25, 0.3) is 0 Å². The molecule has 2 bridgehead atoms. The van der Waals surface area contributed by atoms with E-state index in [0.29, 0.717) is 53.6 Å². The van der Waals surface area contributed by atoms with Crippen LogP contribution >= 0.6 is 0 Å². The Morgan fingerprint density at radius 1 is 0.785 bits per heavy atom. The van der Waals surface area contributed by atoms with Gasteiger partial charge in [-0.05, 0) is 143 Å². The van der Waals surface area contributed by atoms with Gasteiger partial charge in [0.15, 0.2) is 5.82 Å². The van der Waals surface area contributed by atoms with Crippen LogP contribution in [0.5, 0.6) is 5.75 Å². The lowest BCUT2D eigenvalue weighted by molar-refractivity contribution is -0.120. The fourth-order valence-electron chi connectivity index (χ4n) is 12.5. The van der Waals surface area contributed by atoms with Crippen molar-refractivity contribution < 1.29 is 14.7 Å². The van der Waals surface area contributed by atoms with Gasteiger partial charge in [0.2, 0.25) is 5.91 Å². The van der Waals surface area contributed by atoms with Crippen molar-refractivity contribution in [2.75, 3.05) is 77.7 Å². The molecule has 1 aliphatic carbocycles. The topological polar surface area (TPSA) is 152 Å². The Balaban J connectivity index is 0.662. The van der Waals surface area contributed by atoms with E-state index in [1.54, 1.807) is 17.2 Å². The second-order valence-corrected chi connectivity index (χ2v) is 19.9. The summed E-state index contributed by atoms with van der Waals surface area (Å²) >= 11 is 0. The first kappa shape index (κ1) is 41.8. The van der Waals surface area contributed by atoms with Crippen LogP contribution in [0.2, 0.25) is 0 Å². The molecule has 14 heteroatoms. The highest BCUT2D eigenvalue weighted by molar-refractivity contribution is 6.06. The number of anilines is 5. The number of phenolic OH excluding ortho intramolecular Hbond substituents is 1. The summed E-state index contributed by atoms with van der Waals surface area (Å²) in [5.74, 6) is 1.15. The van der Waals surface area contributed by atoms with Crippen molar-refractivity contribution in [3.8, 4) is 17.0 Å². The number of imide groups is 1. The van der Waals surface area contributed by atoms with Gasteiger partial charge in [0, 0.05) is 92.3 Å². The van der Waals surface area contributed by atoms with Gasteiger partial charge in [-0.3, -0.25) is 15.0 Å². The molecule has 5 saturated heterocycles. The predicted molar refractivity (Wildman–Crippen MR) is 257 cm³/mol. The first-order valence-corrected chi connectivity index (χ1v) is 24.3. The number of likely N-dealkylation sites (tertiary alicyclic amines) is 1. The third-order valence-corrected chi connectivity index (χ3v) is 16.2. The van der Waals surface area contributed by atoms with Crippen molar-refractivity contribution in [3.63, 3.8) is 0 Å². The molecule has 1 spiro atoms. The molecule has 8 heterocycles. The number of piperidine rings is 2. The number of rotatable bonds is 9. The number of nitrogens with one attached hydrogen (secondary N) is 1. The summed E-state index contributed by atoms with van der Waals surface area (Å²) in [6.07, 6.45) is 17.7. The van der Waals surface area contributed by atoms with Crippen molar-refractivity contribution in [2.24, 2.45) is 11.3 Å². The Bertz CT molecular complexity index is 2560. The number of nitrogens with two attached hydrogens (primary N) is 1. The van der Waals surface area contributed by atoms with Crippen molar-refractivity contribution in [2.45, 2.75) is 102 Å². The number of aryl methyl sites for hydroxylation is 1. The molecule has 0 radical (unpaired) electrons. The van der Waals surface area contributed by atoms with Gasteiger partial charge in [-0.25, -0.2) is 9.78 Å². The molecule has 65 heavy (non-hydrogen) atoms. The number of amides is 3. The quantitative estimate of drug-likeness (QED) is 0.133. The van der Waals surface area contributed by atoms with Gasteiger partial charge in [-0.15, -0.1) is 10.2 Å². The smallest absolute Gasteiger partial charge is 0.328 e. The first-order chi connectivity index (χ1) is 31.7. The number of aromatic hydroxyl groups is 1. The number of para-hydroxylation sites is 1. The van der Waals surface area contributed by atoms with Gasteiger partial charge in [-0.1, -0.05) is 25.1 Å². The number of hydrogen-bond acceptors (Lipinski definition) is 11. The number of aromatic nitrogens is 4. The van der Waals surface area contributed by atoms with Gasteiger partial charge in [0.1, 0.15) is 11.4 Å².